The highest BCUT2D eigenvalue weighted by molar-refractivity contribution is 9.11. The van der Waals surface area contributed by atoms with Gasteiger partial charge in [-0.3, -0.25) is 0 Å². The van der Waals surface area contributed by atoms with Crippen LogP contribution in [0.1, 0.15) is 13.8 Å². The second kappa shape index (κ2) is 8.28. The molecule has 0 atom stereocenters. The van der Waals surface area contributed by atoms with E-state index in [2.05, 4.69) is 42.0 Å². The lowest BCUT2D eigenvalue weighted by molar-refractivity contribution is -0.444. The molecule has 0 amide bonds. The standard InChI is InChI=1S/C9H9Br2N4O.BF4/c1-5(2)14-15(16)8-4-6(10)3-7(11)9(8)13-12;2-1(3,4)5/h3-5H,1-2H3;/q+1;-1. The Hall–Kier alpha value is -1.22. The van der Waals surface area contributed by atoms with Crippen LogP contribution < -0.4 is 0 Å². The van der Waals surface area contributed by atoms with Crippen LogP contribution in [-0.4, -0.2) is 18.2 Å². The van der Waals surface area contributed by atoms with Gasteiger partial charge in [-0.2, -0.15) is 0 Å². The number of nitrogens with zero attached hydrogens (tertiary/aromatic N) is 4. The molecule has 0 saturated heterocycles. The Morgan fingerprint density at radius 2 is 1.76 bits per heavy atom. The third kappa shape index (κ3) is 8.62. The highest BCUT2D eigenvalue weighted by atomic mass is 79.9. The van der Waals surface area contributed by atoms with Crippen LogP contribution in [-0.2, 0) is 0 Å². The Bertz CT molecular complexity index is 568. The maximum Gasteiger partial charge on any atom is 0.673 e. The van der Waals surface area contributed by atoms with Gasteiger partial charge in [-0.05, 0) is 45.8 Å². The molecule has 0 aromatic heterocycles. The zero-order valence-corrected chi connectivity index (χ0v) is 13.9. The van der Waals surface area contributed by atoms with E-state index in [1.54, 1.807) is 26.0 Å². The summed E-state index contributed by atoms with van der Waals surface area (Å²) < 4.78 is 40.2. The fourth-order valence-corrected chi connectivity index (χ4v) is 2.35. The minimum absolute atomic E-state index is 0.137. The van der Waals surface area contributed by atoms with Crippen LogP contribution in [0.2, 0.25) is 0 Å². The molecule has 116 valence electrons. The fourth-order valence-electron chi connectivity index (χ4n) is 1.07. The minimum atomic E-state index is -6.00. The molecule has 5 nitrogen and oxygen atoms in total. The fraction of sp³-hybridized carbons (Fsp3) is 0.333. The molecule has 1 aromatic carbocycles. The molecule has 0 aliphatic rings. The molecule has 0 radical (unpaired) electrons. The highest BCUT2D eigenvalue weighted by Gasteiger charge is 2.28. The van der Waals surface area contributed by atoms with E-state index in [0.29, 0.717) is 13.8 Å². The SMILES string of the molecule is CC(C)N=[N+]([O-])c1cc(Br)cc(Br)c1[N+]#N.F[B-](F)(F)F. The van der Waals surface area contributed by atoms with Crippen LogP contribution in [0.25, 0.3) is 4.98 Å². The Morgan fingerprint density at radius 1 is 1.29 bits per heavy atom. The number of rotatable bonds is 2. The van der Waals surface area contributed by atoms with Crippen molar-refractivity contribution in [2.24, 2.45) is 5.11 Å². The van der Waals surface area contributed by atoms with Crippen LogP contribution in [0.5, 0.6) is 0 Å². The monoisotopic (exact) mass is 434 g/mol. The number of halogens is 6. The molecule has 0 fully saturated rings. The molecule has 0 saturated carbocycles. The van der Waals surface area contributed by atoms with E-state index in [1.165, 1.54) is 0 Å². The van der Waals surface area contributed by atoms with Crippen molar-refractivity contribution >= 4 is 50.5 Å². The van der Waals surface area contributed by atoms with Crippen molar-refractivity contribution in [2.75, 3.05) is 0 Å². The second-order valence-electron chi connectivity index (χ2n) is 3.83. The van der Waals surface area contributed by atoms with Gasteiger partial charge in [0.25, 0.3) is 0 Å². The van der Waals surface area contributed by atoms with Crippen LogP contribution >= 0.6 is 31.9 Å². The summed E-state index contributed by atoms with van der Waals surface area (Å²) in [7, 11) is -6.00. The van der Waals surface area contributed by atoms with Crippen molar-refractivity contribution in [1.29, 1.82) is 5.39 Å². The molecule has 0 unspecified atom stereocenters. The molecule has 0 spiro atoms. The van der Waals surface area contributed by atoms with Gasteiger partial charge in [0.1, 0.15) is 10.5 Å². The van der Waals surface area contributed by atoms with Crippen molar-refractivity contribution in [3.63, 3.8) is 0 Å². The summed E-state index contributed by atoms with van der Waals surface area (Å²) in [5.74, 6) is 0. The molecule has 0 heterocycles. The molecule has 0 aliphatic carbocycles. The summed E-state index contributed by atoms with van der Waals surface area (Å²) in [6.07, 6.45) is 0. The molecule has 1 aromatic rings. The Labute approximate surface area is 134 Å². The number of benzene rings is 1. The topological polar surface area (TPSA) is 66.6 Å². The summed E-state index contributed by atoms with van der Waals surface area (Å²) in [5.41, 5.74) is 0.333. The van der Waals surface area contributed by atoms with E-state index in [1.807, 2.05) is 0 Å². The third-order valence-corrected chi connectivity index (χ3v) is 2.71. The molecular weight excluding hydrogens is 427 g/mol. The van der Waals surface area contributed by atoms with E-state index in [4.69, 9.17) is 5.39 Å². The summed E-state index contributed by atoms with van der Waals surface area (Å²) in [6, 6.07) is 3.09. The van der Waals surface area contributed by atoms with Crippen molar-refractivity contribution in [1.82, 2.24) is 0 Å². The van der Waals surface area contributed by atoms with Gasteiger partial charge >= 0.3 is 18.6 Å². The lowest BCUT2D eigenvalue weighted by Crippen LogP contribution is -2.02. The molecule has 0 N–H and O–H groups in total. The van der Waals surface area contributed by atoms with E-state index < -0.39 is 7.25 Å². The molecule has 0 bridgehead atoms. The van der Waals surface area contributed by atoms with E-state index in [9.17, 15) is 22.5 Å². The van der Waals surface area contributed by atoms with Gasteiger partial charge in [0, 0.05) is 10.5 Å². The zero-order chi connectivity index (χ0) is 16.8. The maximum atomic E-state index is 11.7. The number of azo groups is 1. The van der Waals surface area contributed by atoms with Crippen molar-refractivity contribution < 1.29 is 22.1 Å². The predicted octanol–water partition coefficient (Wildman–Crippen LogP) is 6.00. The van der Waals surface area contributed by atoms with E-state index in [0.717, 1.165) is 0 Å². The molecule has 1 rings (SSSR count). The molecular formula is C9H9BBr2F4N4O. The third-order valence-electron chi connectivity index (χ3n) is 1.65. The van der Waals surface area contributed by atoms with Gasteiger partial charge in [-0.15, -0.1) is 0 Å². The average molecular weight is 436 g/mol. The maximum absolute atomic E-state index is 11.7. The lowest BCUT2D eigenvalue weighted by atomic mass is 10.3. The van der Waals surface area contributed by atoms with Crippen LogP contribution in [0, 0.1) is 10.6 Å². The second-order valence-corrected chi connectivity index (χ2v) is 5.60. The quantitative estimate of drug-likeness (QED) is 0.143. The average Bonchev–Trinajstić information content (AvgIpc) is 2.24. The molecule has 21 heavy (non-hydrogen) atoms. The van der Waals surface area contributed by atoms with Crippen molar-refractivity contribution in [3.05, 3.63) is 31.3 Å². The number of hydrogen-bond donors (Lipinski definition) is 0. The van der Waals surface area contributed by atoms with Crippen molar-refractivity contribution in [2.45, 2.75) is 19.9 Å². The van der Waals surface area contributed by atoms with Gasteiger partial charge in [0.05, 0.1) is 0 Å². The van der Waals surface area contributed by atoms with E-state index in [-0.39, 0.29) is 17.4 Å². The summed E-state index contributed by atoms with van der Waals surface area (Å²) in [6.45, 7) is 3.57. The Balaban J connectivity index is 0.000000690. The van der Waals surface area contributed by atoms with E-state index >= 15 is 0 Å². The summed E-state index contributed by atoms with van der Waals surface area (Å²) in [4.78, 5) is 3.52. The van der Waals surface area contributed by atoms with Gasteiger partial charge in [0.15, 0.2) is 4.98 Å². The molecule has 0 aliphatic heterocycles. The van der Waals surface area contributed by atoms with Crippen molar-refractivity contribution in [3.8, 4) is 0 Å². The molecule has 12 heteroatoms. The van der Waals surface area contributed by atoms with Crippen LogP contribution in [0.4, 0.5) is 28.6 Å². The summed E-state index contributed by atoms with van der Waals surface area (Å²) in [5, 5.41) is 24.3. The largest absolute Gasteiger partial charge is 0.673 e. The Morgan fingerprint density at radius 3 is 2.14 bits per heavy atom. The number of diazo groups is 1. The smallest absolute Gasteiger partial charge is 0.594 e. The normalized spacial score (nSPS) is 11.7. The first-order valence-electron chi connectivity index (χ1n) is 5.35. The predicted molar refractivity (Wildman–Crippen MR) is 77.6 cm³/mol. The van der Waals surface area contributed by atoms with Gasteiger partial charge < -0.3 is 22.5 Å². The van der Waals surface area contributed by atoms with Gasteiger partial charge in [-0.1, -0.05) is 15.9 Å². The zero-order valence-electron chi connectivity index (χ0n) is 10.8. The first-order valence-corrected chi connectivity index (χ1v) is 6.93. The first-order chi connectivity index (χ1) is 9.45. The van der Waals surface area contributed by atoms with Gasteiger partial charge in [0.2, 0.25) is 5.39 Å². The number of hydrogen-bond acceptors (Lipinski definition) is 3. The van der Waals surface area contributed by atoms with Gasteiger partial charge in [-0.25, -0.2) is 0 Å². The highest BCUT2D eigenvalue weighted by Crippen LogP contribution is 2.38. The summed E-state index contributed by atoms with van der Waals surface area (Å²) >= 11 is 6.45. The van der Waals surface area contributed by atoms with Crippen LogP contribution in [0.15, 0.2) is 26.2 Å². The first kappa shape index (κ1) is 19.8. The lowest BCUT2D eigenvalue weighted by Gasteiger charge is -2.00. The Kier molecular flexibility index (Phi) is 7.80. The minimum Gasteiger partial charge on any atom is -0.594 e. The van der Waals surface area contributed by atoms with Crippen LogP contribution in [0.3, 0.4) is 0 Å².